The Hall–Kier alpha value is -0.670. The van der Waals surface area contributed by atoms with Gasteiger partial charge in [0.1, 0.15) is 0 Å². The molecule has 2 N–H and O–H groups in total. The summed E-state index contributed by atoms with van der Waals surface area (Å²) < 4.78 is 0. The van der Waals surface area contributed by atoms with Crippen molar-refractivity contribution in [1.29, 1.82) is 0 Å². The Kier molecular flexibility index (Phi) is 7.13. The van der Waals surface area contributed by atoms with Crippen molar-refractivity contribution in [3.63, 3.8) is 0 Å². The molecule has 0 unspecified atom stereocenters. The summed E-state index contributed by atoms with van der Waals surface area (Å²) in [7, 11) is 0. The molecule has 0 saturated heterocycles. The summed E-state index contributed by atoms with van der Waals surface area (Å²) in [4.78, 5) is 2.53. The molecule has 1 aromatic carbocycles. The van der Waals surface area contributed by atoms with Crippen molar-refractivity contribution in [2.45, 2.75) is 26.3 Å². The second-order valence-electron chi connectivity index (χ2n) is 4.36. The molecule has 0 aliphatic heterocycles. The fourth-order valence-electron chi connectivity index (χ4n) is 1.90. The smallest absolute Gasteiger partial charge is 0.0314 e. The summed E-state index contributed by atoms with van der Waals surface area (Å²) >= 11 is 1.93. The maximum atomic E-state index is 5.70. The third-order valence-corrected chi connectivity index (χ3v) is 3.45. The number of nitrogens with two attached hydrogens (primary N) is 1. The number of hydrogen-bond donors (Lipinski definition) is 1. The molecular weight excluding hydrogens is 228 g/mol. The van der Waals surface area contributed by atoms with Crippen LogP contribution in [0.5, 0.6) is 0 Å². The van der Waals surface area contributed by atoms with E-state index >= 15 is 0 Å². The third kappa shape index (κ3) is 5.99. The van der Waals surface area contributed by atoms with Crippen molar-refractivity contribution in [3.05, 3.63) is 29.8 Å². The summed E-state index contributed by atoms with van der Waals surface area (Å²) in [5, 5.41) is 0. The first kappa shape index (κ1) is 14.4. The van der Waals surface area contributed by atoms with Crippen molar-refractivity contribution < 1.29 is 0 Å². The third-order valence-electron chi connectivity index (χ3n) is 2.75. The van der Waals surface area contributed by atoms with Gasteiger partial charge in [-0.2, -0.15) is 11.8 Å². The van der Waals surface area contributed by atoms with E-state index in [0.717, 1.165) is 12.2 Å². The lowest BCUT2D eigenvalue weighted by Crippen LogP contribution is -2.25. The van der Waals surface area contributed by atoms with E-state index in [1.54, 1.807) is 0 Å². The van der Waals surface area contributed by atoms with Gasteiger partial charge in [0, 0.05) is 12.2 Å². The van der Waals surface area contributed by atoms with Crippen LogP contribution in [0, 0.1) is 0 Å². The molecule has 0 aliphatic rings. The van der Waals surface area contributed by atoms with Crippen molar-refractivity contribution in [1.82, 2.24) is 4.90 Å². The van der Waals surface area contributed by atoms with Gasteiger partial charge in [-0.15, -0.1) is 0 Å². The van der Waals surface area contributed by atoms with Crippen molar-refractivity contribution in [2.24, 2.45) is 0 Å². The number of nitrogen functional groups attached to an aromatic ring is 1. The van der Waals surface area contributed by atoms with Gasteiger partial charge >= 0.3 is 0 Å². The van der Waals surface area contributed by atoms with Crippen molar-refractivity contribution in [3.8, 4) is 0 Å². The number of anilines is 1. The molecule has 1 rings (SSSR count). The van der Waals surface area contributed by atoms with Crippen molar-refractivity contribution >= 4 is 17.4 Å². The predicted octanol–water partition coefficient (Wildman–Crippen LogP) is 3.23. The zero-order valence-corrected chi connectivity index (χ0v) is 11.8. The Morgan fingerprint density at radius 2 is 1.88 bits per heavy atom. The maximum Gasteiger partial charge on any atom is 0.0314 e. The quantitative estimate of drug-likeness (QED) is 0.569. The lowest BCUT2D eigenvalue weighted by Gasteiger charge is -2.21. The molecule has 0 heterocycles. The molecule has 96 valence electrons. The van der Waals surface area contributed by atoms with Gasteiger partial charge in [0.05, 0.1) is 0 Å². The Bertz CT molecular complexity index is 298. The zero-order chi connectivity index (χ0) is 12.5. The maximum absolute atomic E-state index is 5.70. The normalized spacial score (nSPS) is 11.0. The van der Waals surface area contributed by atoms with Gasteiger partial charge in [0.15, 0.2) is 0 Å². The summed E-state index contributed by atoms with van der Waals surface area (Å²) in [6.45, 7) is 5.66. The van der Waals surface area contributed by atoms with Crippen LogP contribution in [-0.2, 0) is 6.54 Å². The molecule has 1 aromatic rings. The first-order valence-corrected chi connectivity index (χ1v) is 7.71. The molecule has 0 radical (unpaired) electrons. The number of rotatable bonds is 8. The van der Waals surface area contributed by atoms with E-state index in [-0.39, 0.29) is 0 Å². The van der Waals surface area contributed by atoms with Gasteiger partial charge in [-0.05, 0) is 55.6 Å². The van der Waals surface area contributed by atoms with Crippen LogP contribution >= 0.6 is 11.8 Å². The largest absolute Gasteiger partial charge is 0.399 e. The highest BCUT2D eigenvalue weighted by Gasteiger charge is 2.04. The molecule has 3 heteroatoms. The first-order chi connectivity index (χ1) is 8.26. The molecule has 0 aliphatic carbocycles. The van der Waals surface area contributed by atoms with E-state index in [1.807, 2.05) is 23.9 Å². The van der Waals surface area contributed by atoms with E-state index in [9.17, 15) is 0 Å². The van der Waals surface area contributed by atoms with Gasteiger partial charge < -0.3 is 5.73 Å². The standard InChI is InChI=1S/C14H24N2S/c1-3-9-16(10-4-11-17-2)12-13-5-7-14(15)8-6-13/h5-8H,3-4,9-12,15H2,1-2H3. The Balaban J connectivity index is 2.44. The molecule has 0 fully saturated rings. The van der Waals surface area contributed by atoms with Crippen LogP contribution in [0.1, 0.15) is 25.3 Å². The highest BCUT2D eigenvalue weighted by atomic mass is 32.2. The van der Waals surface area contributed by atoms with Gasteiger partial charge in [0.25, 0.3) is 0 Å². The molecule has 0 saturated carbocycles. The highest BCUT2D eigenvalue weighted by molar-refractivity contribution is 7.98. The Labute approximate surface area is 110 Å². The van der Waals surface area contributed by atoms with Gasteiger partial charge in [-0.3, -0.25) is 4.90 Å². The van der Waals surface area contributed by atoms with E-state index in [2.05, 4.69) is 30.2 Å². The van der Waals surface area contributed by atoms with Gasteiger partial charge in [0.2, 0.25) is 0 Å². The van der Waals surface area contributed by atoms with Crippen LogP contribution in [-0.4, -0.2) is 30.0 Å². The van der Waals surface area contributed by atoms with E-state index in [4.69, 9.17) is 5.73 Å². The summed E-state index contributed by atoms with van der Waals surface area (Å²) in [5.74, 6) is 1.25. The lowest BCUT2D eigenvalue weighted by atomic mass is 10.2. The fraction of sp³-hybridized carbons (Fsp3) is 0.571. The average molecular weight is 252 g/mol. The zero-order valence-electron chi connectivity index (χ0n) is 11.0. The van der Waals surface area contributed by atoms with Crippen LogP contribution in [0.4, 0.5) is 5.69 Å². The summed E-state index contributed by atoms with van der Waals surface area (Å²) in [6, 6.07) is 8.24. The van der Waals surface area contributed by atoms with Crippen LogP contribution in [0.25, 0.3) is 0 Å². The van der Waals surface area contributed by atoms with Crippen LogP contribution in [0.2, 0.25) is 0 Å². The second kappa shape index (κ2) is 8.43. The molecular formula is C14H24N2S. The van der Waals surface area contributed by atoms with E-state index in [1.165, 1.54) is 37.2 Å². The number of hydrogen-bond acceptors (Lipinski definition) is 3. The highest BCUT2D eigenvalue weighted by Crippen LogP contribution is 2.10. The number of nitrogens with zero attached hydrogens (tertiary/aromatic N) is 1. The SMILES string of the molecule is CCCN(CCCSC)Cc1ccc(N)cc1. The summed E-state index contributed by atoms with van der Waals surface area (Å²) in [5.41, 5.74) is 7.90. The molecule has 0 aromatic heterocycles. The summed E-state index contributed by atoms with van der Waals surface area (Å²) in [6.07, 6.45) is 4.66. The molecule has 17 heavy (non-hydrogen) atoms. The Morgan fingerprint density at radius 1 is 1.18 bits per heavy atom. The van der Waals surface area contributed by atoms with Crippen LogP contribution in [0.15, 0.2) is 24.3 Å². The minimum Gasteiger partial charge on any atom is -0.399 e. The topological polar surface area (TPSA) is 29.3 Å². The van der Waals surface area contributed by atoms with Crippen LogP contribution in [0.3, 0.4) is 0 Å². The monoisotopic (exact) mass is 252 g/mol. The molecule has 0 atom stereocenters. The molecule has 0 spiro atoms. The molecule has 0 amide bonds. The fourth-order valence-corrected chi connectivity index (χ4v) is 2.32. The van der Waals surface area contributed by atoms with E-state index in [0.29, 0.717) is 0 Å². The van der Waals surface area contributed by atoms with Crippen LogP contribution < -0.4 is 5.73 Å². The lowest BCUT2D eigenvalue weighted by molar-refractivity contribution is 0.267. The second-order valence-corrected chi connectivity index (χ2v) is 5.35. The molecule has 0 bridgehead atoms. The Morgan fingerprint density at radius 3 is 2.47 bits per heavy atom. The molecule has 2 nitrogen and oxygen atoms in total. The minimum atomic E-state index is 0.846. The van der Waals surface area contributed by atoms with Gasteiger partial charge in [-0.1, -0.05) is 19.1 Å². The average Bonchev–Trinajstić information content (AvgIpc) is 2.32. The first-order valence-electron chi connectivity index (χ1n) is 6.32. The number of thioether (sulfide) groups is 1. The van der Waals surface area contributed by atoms with Crippen molar-refractivity contribution in [2.75, 3.05) is 30.8 Å². The van der Waals surface area contributed by atoms with Gasteiger partial charge in [-0.25, -0.2) is 0 Å². The predicted molar refractivity (Wildman–Crippen MR) is 79.4 cm³/mol. The minimum absolute atomic E-state index is 0.846. The number of benzene rings is 1. The van der Waals surface area contributed by atoms with E-state index < -0.39 is 0 Å².